The van der Waals surface area contributed by atoms with E-state index in [2.05, 4.69) is 0 Å². The zero-order valence-corrected chi connectivity index (χ0v) is 11.9. The maximum Gasteiger partial charge on any atom is 0.254 e. The molecule has 0 unspecified atom stereocenters. The van der Waals surface area contributed by atoms with Crippen molar-refractivity contribution in [2.75, 3.05) is 12.4 Å². The first kappa shape index (κ1) is 14.8. The number of carbonyl (C=O) groups is 1. The van der Waals surface area contributed by atoms with Gasteiger partial charge in [0, 0.05) is 24.0 Å². The molecule has 1 aromatic rings. The lowest BCUT2D eigenvalue weighted by Crippen LogP contribution is -2.38. The second-order valence-electron chi connectivity index (χ2n) is 4.63. The molecule has 18 heavy (non-hydrogen) atoms. The maximum atomic E-state index is 12.4. The monoisotopic (exact) mass is 269 g/mol. The molecule has 0 aromatic heterocycles. The number of alkyl halides is 1. The van der Waals surface area contributed by atoms with Crippen molar-refractivity contribution < 1.29 is 9.90 Å². The highest BCUT2D eigenvalue weighted by molar-refractivity contribution is 6.17. The quantitative estimate of drug-likeness (QED) is 0.834. The van der Waals surface area contributed by atoms with Gasteiger partial charge in [-0.3, -0.25) is 4.79 Å². The van der Waals surface area contributed by atoms with E-state index in [4.69, 9.17) is 11.6 Å². The highest BCUT2D eigenvalue weighted by Gasteiger charge is 2.19. The predicted octanol–water partition coefficient (Wildman–Crippen LogP) is 3.18. The number of hydrogen-bond donors (Lipinski definition) is 1. The third-order valence-electron chi connectivity index (χ3n) is 2.86. The molecule has 4 heteroatoms. The van der Waals surface area contributed by atoms with Crippen molar-refractivity contribution in [3.63, 3.8) is 0 Å². The van der Waals surface area contributed by atoms with Gasteiger partial charge in [0.1, 0.15) is 5.75 Å². The summed E-state index contributed by atoms with van der Waals surface area (Å²) < 4.78 is 0. The lowest BCUT2D eigenvalue weighted by atomic mass is 10.1. The van der Waals surface area contributed by atoms with E-state index in [0.29, 0.717) is 18.0 Å². The van der Waals surface area contributed by atoms with Gasteiger partial charge in [-0.05, 0) is 51.0 Å². The molecule has 0 aliphatic heterocycles. The van der Waals surface area contributed by atoms with Crippen LogP contribution in [0.3, 0.4) is 0 Å². The summed E-state index contributed by atoms with van der Waals surface area (Å²) in [4.78, 5) is 14.2. The number of halogens is 1. The minimum Gasteiger partial charge on any atom is -0.508 e. The molecule has 0 saturated carbocycles. The van der Waals surface area contributed by atoms with Crippen LogP contribution in [0.15, 0.2) is 18.2 Å². The van der Waals surface area contributed by atoms with Crippen molar-refractivity contribution >= 4 is 17.5 Å². The standard InChI is InChI=1S/C14H20ClNO2/c1-10(2)16(8-4-7-15)14(18)13-6-5-12(17)9-11(13)3/h5-6,9-10,17H,4,7-8H2,1-3H3. The zero-order chi connectivity index (χ0) is 13.7. The summed E-state index contributed by atoms with van der Waals surface area (Å²) in [6.07, 6.45) is 0.780. The van der Waals surface area contributed by atoms with Crippen LogP contribution in [0.25, 0.3) is 0 Å². The Bertz CT molecular complexity index is 418. The number of hydrogen-bond acceptors (Lipinski definition) is 2. The molecule has 1 amide bonds. The summed E-state index contributed by atoms with van der Waals surface area (Å²) in [5.74, 6) is 0.721. The summed E-state index contributed by atoms with van der Waals surface area (Å²) in [6.45, 7) is 6.46. The third kappa shape index (κ3) is 3.64. The van der Waals surface area contributed by atoms with E-state index in [-0.39, 0.29) is 17.7 Å². The number of aromatic hydroxyl groups is 1. The van der Waals surface area contributed by atoms with Crippen LogP contribution in [-0.4, -0.2) is 34.4 Å². The number of nitrogens with zero attached hydrogens (tertiary/aromatic N) is 1. The molecule has 0 aliphatic rings. The van der Waals surface area contributed by atoms with Crippen molar-refractivity contribution in [3.05, 3.63) is 29.3 Å². The van der Waals surface area contributed by atoms with E-state index in [9.17, 15) is 9.90 Å². The molecule has 0 radical (unpaired) electrons. The van der Waals surface area contributed by atoms with Gasteiger partial charge in [-0.25, -0.2) is 0 Å². The number of rotatable bonds is 5. The molecule has 0 atom stereocenters. The average molecular weight is 270 g/mol. The minimum atomic E-state index is -0.00684. The fourth-order valence-corrected chi connectivity index (χ4v) is 1.99. The van der Waals surface area contributed by atoms with Crippen molar-refractivity contribution in [3.8, 4) is 5.75 Å². The van der Waals surface area contributed by atoms with Crippen LogP contribution in [0.4, 0.5) is 0 Å². The lowest BCUT2D eigenvalue weighted by Gasteiger charge is -2.27. The Labute approximate surface area is 113 Å². The van der Waals surface area contributed by atoms with Gasteiger partial charge >= 0.3 is 0 Å². The molecule has 1 aromatic carbocycles. The largest absolute Gasteiger partial charge is 0.508 e. The van der Waals surface area contributed by atoms with E-state index in [1.807, 2.05) is 25.7 Å². The van der Waals surface area contributed by atoms with Crippen LogP contribution < -0.4 is 0 Å². The molecule has 1 rings (SSSR count). The number of aryl methyl sites for hydroxylation is 1. The van der Waals surface area contributed by atoms with Crippen LogP contribution in [0.5, 0.6) is 5.75 Å². The van der Waals surface area contributed by atoms with Gasteiger partial charge in [0.2, 0.25) is 0 Å². The van der Waals surface area contributed by atoms with E-state index >= 15 is 0 Å². The lowest BCUT2D eigenvalue weighted by molar-refractivity contribution is 0.0705. The van der Waals surface area contributed by atoms with Crippen molar-refractivity contribution in [2.45, 2.75) is 33.2 Å². The topological polar surface area (TPSA) is 40.5 Å². The maximum absolute atomic E-state index is 12.4. The fraction of sp³-hybridized carbons (Fsp3) is 0.500. The van der Waals surface area contributed by atoms with Crippen LogP contribution in [0, 0.1) is 6.92 Å². The Morgan fingerprint density at radius 1 is 1.44 bits per heavy atom. The van der Waals surface area contributed by atoms with Gasteiger partial charge in [0.15, 0.2) is 0 Å². The zero-order valence-electron chi connectivity index (χ0n) is 11.1. The fourth-order valence-electron chi connectivity index (χ4n) is 1.87. The van der Waals surface area contributed by atoms with E-state index in [1.54, 1.807) is 18.2 Å². The number of phenolic OH excluding ortho intramolecular Hbond substituents is 1. The SMILES string of the molecule is Cc1cc(O)ccc1C(=O)N(CCCCl)C(C)C. The first-order chi connectivity index (χ1) is 8.47. The highest BCUT2D eigenvalue weighted by Crippen LogP contribution is 2.18. The molecule has 0 aliphatic carbocycles. The van der Waals surface area contributed by atoms with Gasteiger partial charge in [-0.15, -0.1) is 11.6 Å². The molecule has 0 bridgehead atoms. The highest BCUT2D eigenvalue weighted by atomic mass is 35.5. The Balaban J connectivity index is 2.94. The second kappa shape index (κ2) is 6.64. The summed E-state index contributed by atoms with van der Waals surface area (Å²) in [5, 5.41) is 9.37. The summed E-state index contributed by atoms with van der Waals surface area (Å²) >= 11 is 5.68. The normalized spacial score (nSPS) is 10.7. The summed E-state index contributed by atoms with van der Waals surface area (Å²) in [5.41, 5.74) is 1.42. The van der Waals surface area contributed by atoms with Gasteiger partial charge in [0.05, 0.1) is 0 Å². The Morgan fingerprint density at radius 3 is 2.61 bits per heavy atom. The van der Waals surface area contributed by atoms with Gasteiger partial charge in [-0.1, -0.05) is 0 Å². The molecular weight excluding hydrogens is 250 g/mol. The van der Waals surface area contributed by atoms with E-state index in [1.165, 1.54) is 0 Å². The average Bonchev–Trinajstić information content (AvgIpc) is 2.28. The molecule has 0 heterocycles. The molecular formula is C14H20ClNO2. The summed E-state index contributed by atoms with van der Waals surface area (Å²) in [6, 6.07) is 4.95. The Morgan fingerprint density at radius 2 is 2.11 bits per heavy atom. The van der Waals surface area contributed by atoms with E-state index in [0.717, 1.165) is 12.0 Å². The first-order valence-corrected chi connectivity index (χ1v) is 6.67. The smallest absolute Gasteiger partial charge is 0.254 e. The van der Waals surface area contributed by atoms with Crippen LogP contribution in [0.1, 0.15) is 36.2 Å². The Hall–Kier alpha value is -1.22. The molecule has 0 saturated heterocycles. The Kier molecular flexibility index (Phi) is 5.48. The van der Waals surface area contributed by atoms with Gasteiger partial charge in [0.25, 0.3) is 5.91 Å². The van der Waals surface area contributed by atoms with Crippen LogP contribution >= 0.6 is 11.6 Å². The summed E-state index contributed by atoms with van der Waals surface area (Å²) in [7, 11) is 0. The third-order valence-corrected chi connectivity index (χ3v) is 3.12. The number of phenols is 1. The number of amides is 1. The van der Waals surface area contributed by atoms with Crippen LogP contribution in [0.2, 0.25) is 0 Å². The second-order valence-corrected chi connectivity index (χ2v) is 5.01. The van der Waals surface area contributed by atoms with Crippen molar-refractivity contribution in [1.29, 1.82) is 0 Å². The van der Waals surface area contributed by atoms with Crippen LogP contribution in [-0.2, 0) is 0 Å². The molecule has 3 nitrogen and oxygen atoms in total. The van der Waals surface area contributed by atoms with Crippen molar-refractivity contribution in [1.82, 2.24) is 4.90 Å². The van der Waals surface area contributed by atoms with Gasteiger partial charge < -0.3 is 10.0 Å². The predicted molar refractivity (Wildman–Crippen MR) is 74.4 cm³/mol. The number of benzene rings is 1. The number of carbonyl (C=O) groups excluding carboxylic acids is 1. The molecule has 1 N–H and O–H groups in total. The van der Waals surface area contributed by atoms with E-state index < -0.39 is 0 Å². The van der Waals surface area contributed by atoms with Gasteiger partial charge in [-0.2, -0.15) is 0 Å². The molecule has 0 fully saturated rings. The first-order valence-electron chi connectivity index (χ1n) is 6.14. The minimum absolute atomic E-state index is 0.00684. The molecule has 0 spiro atoms. The van der Waals surface area contributed by atoms with Crippen molar-refractivity contribution in [2.24, 2.45) is 0 Å². The molecule has 100 valence electrons.